The van der Waals surface area contributed by atoms with Gasteiger partial charge in [0.25, 0.3) is 11.6 Å². The minimum absolute atomic E-state index is 0.148. The Kier molecular flexibility index (Phi) is 5.26. The second-order valence-corrected chi connectivity index (χ2v) is 4.86. The number of nitro benzene ring substituents is 1. The molecule has 0 fully saturated rings. The highest BCUT2D eigenvalue weighted by Gasteiger charge is 2.13. The first-order valence-electron chi connectivity index (χ1n) is 7.00. The predicted octanol–water partition coefficient (Wildman–Crippen LogP) is 3.36. The van der Waals surface area contributed by atoms with E-state index in [1.165, 1.54) is 18.2 Å². The van der Waals surface area contributed by atoms with Gasteiger partial charge in [-0.25, -0.2) is 0 Å². The van der Waals surface area contributed by atoms with Crippen molar-refractivity contribution in [2.45, 2.75) is 6.92 Å². The third kappa shape index (κ3) is 3.96. The molecular weight excluding hydrogens is 308 g/mol. The van der Waals surface area contributed by atoms with Gasteiger partial charge < -0.3 is 10.6 Å². The Morgan fingerprint density at radius 3 is 2.42 bits per heavy atom. The standard InChI is InChI=1S/C17H14N4O3/c1-12-6-2-3-7-14(12)20-17(22)13(10-18)11-19-15-8-4-5-9-16(15)21(23)24/h2-9,11,19H,1H3,(H,20,22)/b13-11-. The van der Waals surface area contributed by atoms with Crippen LogP contribution in [0.2, 0.25) is 0 Å². The largest absolute Gasteiger partial charge is 0.355 e. The summed E-state index contributed by atoms with van der Waals surface area (Å²) < 4.78 is 0. The summed E-state index contributed by atoms with van der Waals surface area (Å²) in [7, 11) is 0. The van der Waals surface area contributed by atoms with E-state index in [0.29, 0.717) is 5.69 Å². The summed E-state index contributed by atoms with van der Waals surface area (Å²) in [4.78, 5) is 22.6. The molecule has 0 saturated carbocycles. The third-order valence-electron chi connectivity index (χ3n) is 3.23. The summed E-state index contributed by atoms with van der Waals surface area (Å²) in [6.07, 6.45) is 1.15. The van der Waals surface area contributed by atoms with Crippen molar-refractivity contribution in [1.82, 2.24) is 0 Å². The molecule has 0 unspecified atom stereocenters. The smallest absolute Gasteiger partial charge is 0.292 e. The molecule has 0 aliphatic heterocycles. The van der Waals surface area contributed by atoms with Gasteiger partial charge in [0.05, 0.1) is 4.92 Å². The van der Waals surface area contributed by atoms with E-state index in [1.54, 1.807) is 24.3 Å². The highest BCUT2D eigenvalue weighted by molar-refractivity contribution is 6.07. The maximum Gasteiger partial charge on any atom is 0.292 e. The highest BCUT2D eigenvalue weighted by atomic mass is 16.6. The minimum Gasteiger partial charge on any atom is -0.355 e. The molecule has 0 bridgehead atoms. The van der Waals surface area contributed by atoms with Crippen molar-refractivity contribution in [1.29, 1.82) is 5.26 Å². The van der Waals surface area contributed by atoms with Crippen molar-refractivity contribution in [3.8, 4) is 6.07 Å². The van der Waals surface area contributed by atoms with E-state index >= 15 is 0 Å². The van der Waals surface area contributed by atoms with Crippen molar-refractivity contribution in [3.05, 3.63) is 76.0 Å². The lowest BCUT2D eigenvalue weighted by Crippen LogP contribution is -2.15. The van der Waals surface area contributed by atoms with E-state index in [1.807, 2.05) is 19.1 Å². The number of anilines is 2. The SMILES string of the molecule is Cc1ccccc1NC(=O)/C(C#N)=C\Nc1ccccc1[N+](=O)[O-]. The number of benzene rings is 2. The fourth-order valence-electron chi connectivity index (χ4n) is 1.96. The van der Waals surface area contributed by atoms with Crippen LogP contribution >= 0.6 is 0 Å². The number of carbonyl (C=O) groups is 1. The van der Waals surface area contributed by atoms with Crippen LogP contribution in [0.15, 0.2) is 60.3 Å². The molecule has 2 aromatic carbocycles. The van der Waals surface area contributed by atoms with Crippen LogP contribution in [-0.2, 0) is 4.79 Å². The number of nitriles is 1. The van der Waals surface area contributed by atoms with Gasteiger partial charge in [0.2, 0.25) is 0 Å². The Labute approximate surface area is 138 Å². The topological polar surface area (TPSA) is 108 Å². The maximum absolute atomic E-state index is 12.2. The molecule has 0 heterocycles. The third-order valence-corrected chi connectivity index (χ3v) is 3.23. The van der Waals surface area contributed by atoms with Gasteiger partial charge in [-0.15, -0.1) is 0 Å². The molecule has 0 aromatic heterocycles. The number of nitrogens with one attached hydrogen (secondary N) is 2. The summed E-state index contributed by atoms with van der Waals surface area (Å²) in [5, 5.41) is 25.4. The van der Waals surface area contributed by atoms with Crippen molar-refractivity contribution >= 4 is 23.0 Å². The Balaban J connectivity index is 2.18. The zero-order valence-corrected chi connectivity index (χ0v) is 12.8. The normalized spacial score (nSPS) is 10.6. The Morgan fingerprint density at radius 1 is 1.17 bits per heavy atom. The molecule has 7 nitrogen and oxygen atoms in total. The molecule has 2 N–H and O–H groups in total. The van der Waals surface area contributed by atoms with Gasteiger partial charge in [-0.05, 0) is 24.6 Å². The number of aryl methyl sites for hydroxylation is 1. The Morgan fingerprint density at radius 2 is 1.79 bits per heavy atom. The van der Waals surface area contributed by atoms with Crippen molar-refractivity contribution in [3.63, 3.8) is 0 Å². The molecule has 24 heavy (non-hydrogen) atoms. The van der Waals surface area contributed by atoms with Gasteiger partial charge in [-0.1, -0.05) is 30.3 Å². The van der Waals surface area contributed by atoms with Gasteiger partial charge in [0, 0.05) is 18.0 Å². The van der Waals surface area contributed by atoms with E-state index in [-0.39, 0.29) is 16.9 Å². The first-order valence-corrected chi connectivity index (χ1v) is 7.00. The van der Waals surface area contributed by atoms with Gasteiger partial charge >= 0.3 is 0 Å². The first kappa shape index (κ1) is 16.7. The second-order valence-electron chi connectivity index (χ2n) is 4.86. The molecule has 0 aliphatic rings. The average Bonchev–Trinajstić information content (AvgIpc) is 2.57. The van der Waals surface area contributed by atoms with Gasteiger partial charge in [-0.3, -0.25) is 14.9 Å². The Hall–Kier alpha value is -3.66. The zero-order chi connectivity index (χ0) is 17.5. The van der Waals surface area contributed by atoms with Gasteiger partial charge in [-0.2, -0.15) is 5.26 Å². The molecule has 0 saturated heterocycles. The van der Waals surface area contributed by atoms with Gasteiger partial charge in [0.15, 0.2) is 0 Å². The molecule has 0 radical (unpaired) electrons. The van der Waals surface area contributed by atoms with E-state index in [9.17, 15) is 14.9 Å². The van der Waals surface area contributed by atoms with E-state index in [4.69, 9.17) is 5.26 Å². The van der Waals surface area contributed by atoms with Crippen molar-refractivity contribution in [2.24, 2.45) is 0 Å². The number of nitrogens with zero attached hydrogens (tertiary/aromatic N) is 2. The average molecular weight is 322 g/mol. The van der Waals surface area contributed by atoms with Crippen LogP contribution in [0.3, 0.4) is 0 Å². The lowest BCUT2D eigenvalue weighted by Gasteiger charge is -2.07. The van der Waals surface area contributed by atoms with Crippen molar-refractivity contribution < 1.29 is 9.72 Å². The van der Waals surface area contributed by atoms with Crippen LogP contribution in [-0.4, -0.2) is 10.8 Å². The first-order chi connectivity index (χ1) is 11.5. The highest BCUT2D eigenvalue weighted by Crippen LogP contribution is 2.23. The number of hydrogen-bond acceptors (Lipinski definition) is 5. The van der Waals surface area contributed by atoms with Crippen LogP contribution in [0.1, 0.15) is 5.56 Å². The van der Waals surface area contributed by atoms with E-state index in [0.717, 1.165) is 11.8 Å². The number of hydrogen-bond donors (Lipinski definition) is 2. The monoisotopic (exact) mass is 322 g/mol. The fraction of sp³-hybridized carbons (Fsp3) is 0.0588. The number of carbonyl (C=O) groups excluding carboxylic acids is 1. The molecule has 2 rings (SSSR count). The predicted molar refractivity (Wildman–Crippen MR) is 90.2 cm³/mol. The summed E-state index contributed by atoms with van der Waals surface area (Å²) in [6, 6.07) is 14.9. The number of nitro groups is 1. The quantitative estimate of drug-likeness (QED) is 0.380. The molecule has 7 heteroatoms. The Bertz CT molecular complexity index is 853. The summed E-state index contributed by atoms with van der Waals surface area (Å²) in [6.45, 7) is 1.83. The number of rotatable bonds is 5. The van der Waals surface area contributed by atoms with Crippen LogP contribution in [0.25, 0.3) is 0 Å². The lowest BCUT2D eigenvalue weighted by atomic mass is 10.2. The minimum atomic E-state index is -0.599. The molecule has 0 spiro atoms. The number of para-hydroxylation sites is 3. The molecule has 120 valence electrons. The van der Waals surface area contributed by atoms with Crippen LogP contribution in [0.4, 0.5) is 17.1 Å². The lowest BCUT2D eigenvalue weighted by molar-refractivity contribution is -0.383. The van der Waals surface area contributed by atoms with Crippen LogP contribution in [0, 0.1) is 28.4 Å². The molecule has 0 atom stereocenters. The fourth-order valence-corrected chi connectivity index (χ4v) is 1.96. The van der Waals surface area contributed by atoms with Gasteiger partial charge in [0.1, 0.15) is 17.3 Å². The van der Waals surface area contributed by atoms with Crippen LogP contribution in [0.5, 0.6) is 0 Å². The van der Waals surface area contributed by atoms with Crippen molar-refractivity contribution in [2.75, 3.05) is 10.6 Å². The van der Waals surface area contributed by atoms with Crippen LogP contribution < -0.4 is 10.6 Å². The molecule has 1 amide bonds. The van der Waals surface area contributed by atoms with E-state index in [2.05, 4.69) is 10.6 Å². The second kappa shape index (κ2) is 7.56. The molecule has 2 aromatic rings. The number of amides is 1. The summed E-state index contributed by atoms with van der Waals surface area (Å²) in [5.41, 5.74) is 1.30. The summed E-state index contributed by atoms with van der Waals surface area (Å²) in [5.74, 6) is -0.599. The maximum atomic E-state index is 12.2. The zero-order valence-electron chi connectivity index (χ0n) is 12.8. The molecular formula is C17H14N4O3. The van der Waals surface area contributed by atoms with E-state index < -0.39 is 10.8 Å². The molecule has 0 aliphatic carbocycles. The summed E-state index contributed by atoms with van der Waals surface area (Å²) >= 11 is 0.